The summed E-state index contributed by atoms with van der Waals surface area (Å²) in [7, 11) is 0. The van der Waals surface area contributed by atoms with E-state index in [2.05, 4.69) is 32.8 Å². The smallest absolute Gasteiger partial charge is 0.262 e. The molecule has 80 valence electrons. The van der Waals surface area contributed by atoms with Crippen LogP contribution in [0.25, 0.3) is 10.9 Å². The summed E-state index contributed by atoms with van der Waals surface area (Å²) in [4.78, 5) is 16.2. The molecule has 0 atom stereocenters. The van der Waals surface area contributed by atoms with Crippen LogP contribution >= 0.6 is 15.9 Å². The normalized spacial score (nSPS) is 9.88. The van der Waals surface area contributed by atoms with Crippen molar-refractivity contribution in [1.82, 2.24) is 9.55 Å². The Balaban J connectivity index is 2.64. The largest absolute Gasteiger partial charge is 0.287 e. The van der Waals surface area contributed by atoms with Gasteiger partial charge in [-0.15, -0.1) is 5.92 Å². The quantitative estimate of drug-likeness (QED) is 0.749. The molecule has 2 rings (SSSR count). The molecule has 0 bridgehead atoms. The maximum absolute atomic E-state index is 12.0. The maximum Gasteiger partial charge on any atom is 0.262 e. The van der Waals surface area contributed by atoms with Crippen molar-refractivity contribution in [1.29, 1.82) is 0 Å². The Bertz CT molecular complexity index is 649. The Hall–Kier alpha value is -1.60. The summed E-state index contributed by atoms with van der Waals surface area (Å²) in [6, 6.07) is 5.43. The molecule has 0 fully saturated rings. The van der Waals surface area contributed by atoms with Crippen molar-refractivity contribution < 1.29 is 0 Å². The van der Waals surface area contributed by atoms with Gasteiger partial charge in [-0.2, -0.15) is 0 Å². The van der Waals surface area contributed by atoms with Gasteiger partial charge in [0.25, 0.3) is 5.56 Å². The molecule has 4 heteroatoms. The first kappa shape index (κ1) is 10.9. The van der Waals surface area contributed by atoms with Crippen LogP contribution in [0.15, 0.2) is 33.8 Å². The molecule has 0 saturated heterocycles. The molecule has 2 aromatic rings. The van der Waals surface area contributed by atoms with Gasteiger partial charge in [0.15, 0.2) is 0 Å². The van der Waals surface area contributed by atoms with Crippen LogP contribution in [-0.2, 0) is 6.54 Å². The first-order chi connectivity index (χ1) is 7.72. The van der Waals surface area contributed by atoms with Gasteiger partial charge in [-0.1, -0.05) is 21.9 Å². The minimum Gasteiger partial charge on any atom is -0.287 e. The van der Waals surface area contributed by atoms with E-state index in [9.17, 15) is 4.79 Å². The van der Waals surface area contributed by atoms with Crippen LogP contribution in [0, 0.1) is 11.8 Å². The molecule has 1 aromatic carbocycles. The van der Waals surface area contributed by atoms with Gasteiger partial charge in [0, 0.05) is 4.47 Å². The van der Waals surface area contributed by atoms with E-state index in [0.29, 0.717) is 17.4 Å². The minimum absolute atomic E-state index is 0.0553. The third kappa shape index (κ3) is 2.00. The lowest BCUT2D eigenvalue weighted by Gasteiger charge is -2.02. The molecule has 1 aromatic heterocycles. The Labute approximate surface area is 101 Å². The molecule has 0 aliphatic rings. The topological polar surface area (TPSA) is 34.9 Å². The maximum atomic E-state index is 12.0. The second kappa shape index (κ2) is 4.50. The number of aromatic nitrogens is 2. The summed E-state index contributed by atoms with van der Waals surface area (Å²) < 4.78 is 2.42. The van der Waals surface area contributed by atoms with Gasteiger partial charge in [-0.05, 0) is 25.1 Å². The van der Waals surface area contributed by atoms with E-state index < -0.39 is 0 Å². The molecule has 0 N–H and O–H groups in total. The van der Waals surface area contributed by atoms with Crippen molar-refractivity contribution >= 4 is 26.8 Å². The van der Waals surface area contributed by atoms with Gasteiger partial charge in [-0.25, -0.2) is 4.98 Å². The number of hydrogen-bond donors (Lipinski definition) is 0. The lowest BCUT2D eigenvalue weighted by atomic mass is 10.2. The Kier molecular flexibility index (Phi) is 3.07. The highest BCUT2D eigenvalue weighted by atomic mass is 79.9. The first-order valence-electron chi connectivity index (χ1n) is 4.76. The minimum atomic E-state index is -0.0553. The predicted molar refractivity (Wildman–Crippen MR) is 67.2 cm³/mol. The standard InChI is InChI=1S/C12H9BrN2O/c1-2-3-6-15-8-14-11-7-9(13)4-5-10(11)12(15)16/h4-5,7-8H,6H2,1H3. The van der Waals surface area contributed by atoms with Gasteiger partial charge < -0.3 is 0 Å². The van der Waals surface area contributed by atoms with E-state index in [0.717, 1.165) is 4.47 Å². The molecule has 1 heterocycles. The average molecular weight is 277 g/mol. The van der Waals surface area contributed by atoms with E-state index in [-0.39, 0.29) is 5.56 Å². The predicted octanol–water partition coefficient (Wildman–Crippen LogP) is 2.18. The Morgan fingerprint density at radius 2 is 2.31 bits per heavy atom. The third-order valence-corrected chi connectivity index (χ3v) is 2.71. The Morgan fingerprint density at radius 3 is 3.06 bits per heavy atom. The number of hydrogen-bond acceptors (Lipinski definition) is 2. The molecule has 0 aliphatic heterocycles. The number of rotatable bonds is 1. The third-order valence-electron chi connectivity index (χ3n) is 2.21. The lowest BCUT2D eigenvalue weighted by molar-refractivity contribution is 0.782. The van der Waals surface area contributed by atoms with Gasteiger partial charge in [0.1, 0.15) is 0 Å². The monoisotopic (exact) mass is 276 g/mol. The molecule has 0 unspecified atom stereocenters. The highest BCUT2D eigenvalue weighted by Gasteiger charge is 2.03. The summed E-state index contributed by atoms with van der Waals surface area (Å²) in [5.41, 5.74) is 0.639. The van der Waals surface area contributed by atoms with E-state index in [1.807, 2.05) is 12.1 Å². The average Bonchev–Trinajstić information content (AvgIpc) is 2.28. The van der Waals surface area contributed by atoms with Crippen molar-refractivity contribution in [3.63, 3.8) is 0 Å². The van der Waals surface area contributed by atoms with Crippen molar-refractivity contribution in [3.05, 3.63) is 39.4 Å². The summed E-state index contributed by atoms with van der Waals surface area (Å²) in [5, 5.41) is 0.614. The van der Waals surface area contributed by atoms with E-state index >= 15 is 0 Å². The molecule has 16 heavy (non-hydrogen) atoms. The number of halogens is 1. The van der Waals surface area contributed by atoms with Crippen molar-refractivity contribution in [2.45, 2.75) is 13.5 Å². The van der Waals surface area contributed by atoms with Crippen LogP contribution in [0.4, 0.5) is 0 Å². The molecule has 3 nitrogen and oxygen atoms in total. The van der Waals surface area contributed by atoms with Crippen molar-refractivity contribution in [3.8, 4) is 11.8 Å². The molecule has 0 saturated carbocycles. The van der Waals surface area contributed by atoms with Crippen molar-refractivity contribution in [2.75, 3.05) is 0 Å². The van der Waals surface area contributed by atoms with Crippen LogP contribution in [0.1, 0.15) is 6.92 Å². The van der Waals surface area contributed by atoms with Crippen LogP contribution in [0.2, 0.25) is 0 Å². The molecule has 0 radical (unpaired) electrons. The van der Waals surface area contributed by atoms with E-state index in [1.54, 1.807) is 13.0 Å². The zero-order valence-corrected chi connectivity index (χ0v) is 10.3. The van der Waals surface area contributed by atoms with Crippen LogP contribution in [0.3, 0.4) is 0 Å². The molecular formula is C12H9BrN2O. The highest BCUT2D eigenvalue weighted by molar-refractivity contribution is 9.10. The second-order valence-corrected chi connectivity index (χ2v) is 4.18. The fourth-order valence-electron chi connectivity index (χ4n) is 1.41. The second-order valence-electron chi connectivity index (χ2n) is 3.27. The van der Waals surface area contributed by atoms with Crippen LogP contribution in [0.5, 0.6) is 0 Å². The lowest BCUT2D eigenvalue weighted by Crippen LogP contribution is -2.19. The summed E-state index contributed by atoms with van der Waals surface area (Å²) in [5.74, 6) is 5.60. The van der Waals surface area contributed by atoms with E-state index in [1.165, 1.54) is 10.9 Å². The molecule has 0 aliphatic carbocycles. The number of benzene rings is 1. The Morgan fingerprint density at radius 1 is 1.50 bits per heavy atom. The fourth-order valence-corrected chi connectivity index (χ4v) is 1.76. The van der Waals surface area contributed by atoms with Gasteiger partial charge in [0.2, 0.25) is 0 Å². The highest BCUT2D eigenvalue weighted by Crippen LogP contribution is 2.14. The van der Waals surface area contributed by atoms with Crippen molar-refractivity contribution in [2.24, 2.45) is 0 Å². The number of nitrogens with zero attached hydrogens (tertiary/aromatic N) is 2. The summed E-state index contributed by atoms with van der Waals surface area (Å²) in [6.07, 6.45) is 1.53. The number of fused-ring (bicyclic) bond motifs is 1. The molecular weight excluding hydrogens is 268 g/mol. The van der Waals surface area contributed by atoms with Gasteiger partial charge in [0.05, 0.1) is 23.8 Å². The SMILES string of the molecule is CC#CCn1cnc2cc(Br)ccc2c1=O. The molecule has 0 spiro atoms. The zero-order chi connectivity index (χ0) is 11.5. The van der Waals surface area contributed by atoms with Crippen LogP contribution in [-0.4, -0.2) is 9.55 Å². The fraction of sp³-hybridized carbons (Fsp3) is 0.167. The van der Waals surface area contributed by atoms with Crippen LogP contribution < -0.4 is 5.56 Å². The van der Waals surface area contributed by atoms with Gasteiger partial charge in [-0.3, -0.25) is 9.36 Å². The zero-order valence-electron chi connectivity index (χ0n) is 8.70. The molecule has 0 amide bonds. The van der Waals surface area contributed by atoms with Gasteiger partial charge >= 0.3 is 0 Å². The van der Waals surface area contributed by atoms with E-state index in [4.69, 9.17) is 0 Å². The summed E-state index contributed by atoms with van der Waals surface area (Å²) >= 11 is 3.35. The summed E-state index contributed by atoms with van der Waals surface area (Å²) in [6.45, 7) is 2.13. The first-order valence-corrected chi connectivity index (χ1v) is 5.56.